The first-order chi connectivity index (χ1) is 15.9. The van der Waals surface area contributed by atoms with Gasteiger partial charge in [-0.05, 0) is 36.3 Å². The molecule has 0 bridgehead atoms. The van der Waals surface area contributed by atoms with E-state index in [-0.39, 0.29) is 17.9 Å². The highest BCUT2D eigenvalue weighted by Gasteiger charge is 2.18. The quantitative estimate of drug-likeness (QED) is 0.111. The van der Waals surface area contributed by atoms with Crippen LogP contribution in [0.25, 0.3) is 6.08 Å². The minimum atomic E-state index is -0.762. The van der Waals surface area contributed by atoms with Gasteiger partial charge in [0.2, 0.25) is 0 Å². The summed E-state index contributed by atoms with van der Waals surface area (Å²) in [4.78, 5) is 37.2. The standard InChI is InChI=1S/C26H24N2O5/c1-20(29)25(18-22-11-8-14-24(17-22)28(31)32)26(30)33-16-15-27(23-12-6-3-7-13-23)19-21-9-4-2-5-10-21/h2-14,17-18H,15-16,19H2,1H3/b25-18-. The van der Waals surface area contributed by atoms with Crippen molar-refractivity contribution in [2.75, 3.05) is 18.1 Å². The Morgan fingerprint density at radius 2 is 1.64 bits per heavy atom. The molecular weight excluding hydrogens is 420 g/mol. The second kappa shape index (κ2) is 11.4. The molecule has 0 amide bonds. The Morgan fingerprint density at radius 1 is 0.970 bits per heavy atom. The fourth-order valence-corrected chi connectivity index (χ4v) is 3.27. The van der Waals surface area contributed by atoms with Gasteiger partial charge in [-0.1, -0.05) is 60.7 Å². The fourth-order valence-electron chi connectivity index (χ4n) is 3.27. The first kappa shape index (κ1) is 23.4. The molecule has 7 nitrogen and oxygen atoms in total. The zero-order chi connectivity index (χ0) is 23.6. The number of para-hydroxylation sites is 1. The van der Waals surface area contributed by atoms with Crippen LogP contribution in [0.15, 0.2) is 90.5 Å². The van der Waals surface area contributed by atoms with Crippen LogP contribution in [0, 0.1) is 10.1 Å². The van der Waals surface area contributed by atoms with Crippen molar-refractivity contribution in [1.29, 1.82) is 0 Å². The van der Waals surface area contributed by atoms with Gasteiger partial charge >= 0.3 is 5.97 Å². The predicted molar refractivity (Wildman–Crippen MR) is 127 cm³/mol. The fraction of sp³-hybridized carbons (Fsp3) is 0.154. The molecule has 7 heteroatoms. The number of ether oxygens (including phenoxy) is 1. The summed E-state index contributed by atoms with van der Waals surface area (Å²) in [7, 11) is 0. The number of non-ortho nitro benzene ring substituents is 1. The van der Waals surface area contributed by atoms with Gasteiger partial charge in [0.15, 0.2) is 5.78 Å². The summed E-state index contributed by atoms with van der Waals surface area (Å²) < 4.78 is 5.40. The minimum absolute atomic E-state index is 0.0696. The number of hydrogen-bond donors (Lipinski definition) is 0. The second-order valence-electron chi connectivity index (χ2n) is 7.34. The Balaban J connectivity index is 1.70. The molecule has 3 aromatic rings. The van der Waals surface area contributed by atoms with Crippen LogP contribution in [0.1, 0.15) is 18.1 Å². The van der Waals surface area contributed by atoms with E-state index < -0.39 is 16.7 Å². The van der Waals surface area contributed by atoms with E-state index in [2.05, 4.69) is 4.90 Å². The first-order valence-corrected chi connectivity index (χ1v) is 10.4. The molecule has 0 fully saturated rings. The van der Waals surface area contributed by atoms with E-state index in [0.29, 0.717) is 18.7 Å². The van der Waals surface area contributed by atoms with E-state index >= 15 is 0 Å². The van der Waals surface area contributed by atoms with Crippen LogP contribution < -0.4 is 4.90 Å². The molecule has 0 aliphatic carbocycles. The van der Waals surface area contributed by atoms with E-state index in [1.54, 1.807) is 6.07 Å². The highest BCUT2D eigenvalue weighted by atomic mass is 16.6. The third kappa shape index (κ3) is 6.87. The lowest BCUT2D eigenvalue weighted by molar-refractivity contribution is -0.384. The van der Waals surface area contributed by atoms with Crippen LogP contribution >= 0.6 is 0 Å². The summed E-state index contributed by atoms with van der Waals surface area (Å²) in [5, 5.41) is 11.0. The number of benzene rings is 3. The molecule has 0 radical (unpaired) electrons. The highest BCUT2D eigenvalue weighted by molar-refractivity contribution is 6.19. The Hall–Kier alpha value is -4.26. The molecule has 0 aliphatic heterocycles. The van der Waals surface area contributed by atoms with Crippen molar-refractivity contribution in [2.24, 2.45) is 0 Å². The summed E-state index contributed by atoms with van der Waals surface area (Å²) in [6, 6.07) is 25.4. The molecular formula is C26H24N2O5. The van der Waals surface area contributed by atoms with Crippen LogP contribution in [0.4, 0.5) is 11.4 Å². The molecule has 0 aromatic heterocycles. The van der Waals surface area contributed by atoms with Crippen LogP contribution in [0.3, 0.4) is 0 Å². The number of anilines is 1. The van der Waals surface area contributed by atoms with Crippen molar-refractivity contribution < 1.29 is 19.2 Å². The zero-order valence-electron chi connectivity index (χ0n) is 18.2. The maximum atomic E-state index is 12.6. The van der Waals surface area contributed by atoms with Crippen molar-refractivity contribution in [1.82, 2.24) is 0 Å². The number of hydrogen-bond acceptors (Lipinski definition) is 6. The summed E-state index contributed by atoms with van der Waals surface area (Å²) in [5.41, 5.74) is 2.18. The minimum Gasteiger partial charge on any atom is -0.460 e. The van der Waals surface area contributed by atoms with Crippen molar-refractivity contribution in [3.8, 4) is 0 Å². The van der Waals surface area contributed by atoms with Crippen molar-refractivity contribution in [3.63, 3.8) is 0 Å². The lowest BCUT2D eigenvalue weighted by atomic mass is 10.1. The smallest absolute Gasteiger partial charge is 0.341 e. The van der Waals surface area contributed by atoms with Gasteiger partial charge in [0.05, 0.1) is 11.5 Å². The van der Waals surface area contributed by atoms with Gasteiger partial charge < -0.3 is 9.64 Å². The molecule has 0 unspecified atom stereocenters. The number of nitro groups is 1. The Bertz CT molecular complexity index is 1140. The molecule has 0 N–H and O–H groups in total. The van der Waals surface area contributed by atoms with Gasteiger partial charge in [-0.25, -0.2) is 4.79 Å². The number of esters is 1. The molecule has 3 rings (SSSR count). The highest BCUT2D eigenvalue weighted by Crippen LogP contribution is 2.18. The van der Waals surface area contributed by atoms with Gasteiger partial charge in [-0.3, -0.25) is 14.9 Å². The summed E-state index contributed by atoms with van der Waals surface area (Å²) in [6.07, 6.45) is 1.32. The van der Waals surface area contributed by atoms with Gasteiger partial charge in [0.25, 0.3) is 5.69 Å². The number of carbonyl (C=O) groups is 2. The van der Waals surface area contributed by atoms with Crippen molar-refractivity contribution >= 4 is 29.2 Å². The number of carbonyl (C=O) groups excluding carboxylic acids is 2. The van der Waals surface area contributed by atoms with Gasteiger partial charge in [0, 0.05) is 24.4 Å². The lowest BCUT2D eigenvalue weighted by Crippen LogP contribution is -2.28. The third-order valence-electron chi connectivity index (χ3n) is 4.92. The largest absolute Gasteiger partial charge is 0.460 e. The number of nitro benzene ring substituents is 1. The average Bonchev–Trinajstić information content (AvgIpc) is 2.83. The number of rotatable bonds is 10. The zero-order valence-corrected chi connectivity index (χ0v) is 18.2. The molecule has 3 aromatic carbocycles. The summed E-state index contributed by atoms with van der Waals surface area (Å²) in [5.74, 6) is -1.24. The summed E-state index contributed by atoms with van der Waals surface area (Å²) in [6.45, 7) is 2.38. The van der Waals surface area contributed by atoms with Crippen LogP contribution in [0.5, 0.6) is 0 Å². The summed E-state index contributed by atoms with van der Waals surface area (Å²) >= 11 is 0. The first-order valence-electron chi connectivity index (χ1n) is 10.4. The number of nitrogens with zero attached hydrogens (tertiary/aromatic N) is 2. The molecule has 0 saturated carbocycles. The molecule has 0 spiro atoms. The SMILES string of the molecule is CC(=O)/C(=C/c1cccc([N+](=O)[O-])c1)C(=O)OCCN(Cc1ccccc1)c1ccccc1. The second-order valence-corrected chi connectivity index (χ2v) is 7.34. The average molecular weight is 444 g/mol. The van der Waals surface area contributed by atoms with Gasteiger partial charge in [-0.15, -0.1) is 0 Å². The monoisotopic (exact) mass is 444 g/mol. The van der Waals surface area contributed by atoms with Gasteiger partial charge in [-0.2, -0.15) is 0 Å². The van der Waals surface area contributed by atoms with E-state index in [9.17, 15) is 19.7 Å². The molecule has 168 valence electrons. The lowest BCUT2D eigenvalue weighted by Gasteiger charge is -2.25. The van der Waals surface area contributed by atoms with Crippen LogP contribution in [0.2, 0.25) is 0 Å². The molecule has 0 saturated heterocycles. The topological polar surface area (TPSA) is 89.8 Å². The number of ketones is 1. The van der Waals surface area contributed by atoms with E-state index in [1.165, 1.54) is 31.2 Å². The van der Waals surface area contributed by atoms with Crippen LogP contribution in [-0.4, -0.2) is 29.8 Å². The molecule has 0 atom stereocenters. The Kier molecular flexibility index (Phi) is 8.07. The maximum absolute atomic E-state index is 12.6. The third-order valence-corrected chi connectivity index (χ3v) is 4.92. The number of Topliss-reactive ketones (excluding diaryl/α,β-unsaturated/α-hetero) is 1. The molecule has 0 aliphatic rings. The normalized spacial score (nSPS) is 11.0. The maximum Gasteiger partial charge on any atom is 0.341 e. The van der Waals surface area contributed by atoms with Gasteiger partial charge in [0.1, 0.15) is 12.2 Å². The van der Waals surface area contributed by atoms with E-state index in [0.717, 1.165) is 11.3 Å². The molecule has 0 heterocycles. The van der Waals surface area contributed by atoms with E-state index in [4.69, 9.17) is 4.74 Å². The Morgan fingerprint density at radius 3 is 2.27 bits per heavy atom. The van der Waals surface area contributed by atoms with E-state index in [1.807, 2.05) is 60.7 Å². The Labute approximate surface area is 192 Å². The molecule has 33 heavy (non-hydrogen) atoms. The van der Waals surface area contributed by atoms with Crippen molar-refractivity contribution in [2.45, 2.75) is 13.5 Å². The van der Waals surface area contributed by atoms with Crippen molar-refractivity contribution in [3.05, 3.63) is 112 Å². The predicted octanol–water partition coefficient (Wildman–Crippen LogP) is 4.82. The van der Waals surface area contributed by atoms with Crippen LogP contribution in [-0.2, 0) is 20.9 Å².